The molecule has 3 nitrogen and oxygen atoms in total. The van der Waals surface area contributed by atoms with Gasteiger partial charge < -0.3 is 0 Å². The number of halogens is 1. The summed E-state index contributed by atoms with van der Waals surface area (Å²) in [5, 5.41) is -0.353. The van der Waals surface area contributed by atoms with E-state index in [-0.39, 0.29) is 5.21 Å². The Balaban J connectivity index is 3.45. The Kier molecular flexibility index (Phi) is 5.88. The van der Waals surface area contributed by atoms with Crippen molar-refractivity contribution in [2.75, 3.05) is 11.8 Å². The molecule has 0 amide bonds. The van der Waals surface area contributed by atoms with E-state index in [1.807, 2.05) is 0 Å². The van der Waals surface area contributed by atoms with Crippen LogP contribution in [0.2, 0.25) is 0 Å². The maximum Gasteiger partial charge on any atom is 0.225 e. The first-order chi connectivity index (χ1) is 5.48. The van der Waals surface area contributed by atoms with Crippen LogP contribution in [0, 0.1) is 5.92 Å². The van der Waals surface area contributed by atoms with Crippen LogP contribution in [0.4, 0.5) is 0 Å². The molecule has 0 radical (unpaired) electrons. The van der Waals surface area contributed by atoms with Crippen LogP contribution in [-0.4, -0.2) is 20.2 Å². The van der Waals surface area contributed by atoms with Crippen LogP contribution in [0.15, 0.2) is 0 Å². The quantitative estimate of drug-likeness (QED) is 0.538. The highest BCUT2D eigenvalue weighted by atomic mass is 35.5. The zero-order valence-electron chi connectivity index (χ0n) is 7.51. The topological polar surface area (TPSA) is 46.2 Å². The third-order valence-electron chi connectivity index (χ3n) is 1.42. The van der Waals surface area contributed by atoms with Crippen molar-refractivity contribution in [2.45, 2.75) is 26.7 Å². The molecule has 0 aliphatic heterocycles. The molecule has 0 rings (SSSR count). The average Bonchev–Trinajstić information content (AvgIpc) is 1.98. The summed E-state index contributed by atoms with van der Waals surface area (Å²) in [5.41, 5.74) is 0. The molecule has 0 unspecified atom stereocenters. The molecule has 0 heterocycles. The summed E-state index contributed by atoms with van der Waals surface area (Å²) in [6.45, 7) is 4.71. The van der Waals surface area contributed by atoms with Crippen molar-refractivity contribution in [1.82, 2.24) is 4.72 Å². The van der Waals surface area contributed by atoms with E-state index in [9.17, 15) is 8.42 Å². The number of sulfonamides is 1. The lowest BCUT2D eigenvalue weighted by molar-refractivity contribution is 0.541. The van der Waals surface area contributed by atoms with Crippen LogP contribution >= 0.6 is 11.6 Å². The Morgan fingerprint density at radius 2 is 2.00 bits per heavy atom. The van der Waals surface area contributed by atoms with Crippen LogP contribution in [-0.2, 0) is 10.0 Å². The van der Waals surface area contributed by atoms with Crippen LogP contribution in [0.3, 0.4) is 0 Å². The second-order valence-corrected chi connectivity index (χ2v) is 5.55. The predicted molar refractivity (Wildman–Crippen MR) is 51.7 cm³/mol. The van der Waals surface area contributed by atoms with Gasteiger partial charge in [-0.25, -0.2) is 13.1 Å². The minimum absolute atomic E-state index is 0.353. The SMILES string of the molecule is CC(C)CCCNS(=O)(=O)CCl. The molecule has 0 saturated carbocycles. The van der Waals surface area contributed by atoms with Crippen LogP contribution < -0.4 is 4.72 Å². The molecule has 0 aliphatic carbocycles. The van der Waals surface area contributed by atoms with Crippen molar-refractivity contribution < 1.29 is 8.42 Å². The number of rotatable bonds is 6. The Hall–Kier alpha value is 0.200. The molecule has 0 atom stereocenters. The predicted octanol–water partition coefficient (Wildman–Crippen LogP) is 1.54. The lowest BCUT2D eigenvalue weighted by Gasteiger charge is -2.05. The minimum atomic E-state index is -3.20. The van der Waals surface area contributed by atoms with Gasteiger partial charge in [-0.1, -0.05) is 13.8 Å². The molecular formula is C7H16ClNO2S. The zero-order valence-corrected chi connectivity index (χ0v) is 9.08. The maximum atomic E-state index is 10.8. The molecule has 0 bridgehead atoms. The van der Waals surface area contributed by atoms with Crippen molar-refractivity contribution in [1.29, 1.82) is 0 Å². The van der Waals surface area contributed by atoms with Gasteiger partial charge >= 0.3 is 0 Å². The Morgan fingerprint density at radius 3 is 2.42 bits per heavy atom. The van der Waals surface area contributed by atoms with Crippen molar-refractivity contribution in [3.05, 3.63) is 0 Å². The van der Waals surface area contributed by atoms with E-state index in [2.05, 4.69) is 18.6 Å². The van der Waals surface area contributed by atoms with E-state index in [0.29, 0.717) is 12.5 Å². The van der Waals surface area contributed by atoms with Gasteiger partial charge in [0.2, 0.25) is 10.0 Å². The van der Waals surface area contributed by atoms with Gasteiger partial charge in [-0.05, 0) is 18.8 Å². The lowest BCUT2D eigenvalue weighted by Crippen LogP contribution is -2.25. The smallest absolute Gasteiger partial charge is 0.214 e. The number of alkyl halides is 1. The van der Waals surface area contributed by atoms with Crippen molar-refractivity contribution in [3.63, 3.8) is 0 Å². The summed E-state index contributed by atoms with van der Waals surface area (Å²) >= 11 is 5.18. The van der Waals surface area contributed by atoms with E-state index in [4.69, 9.17) is 11.6 Å². The molecule has 0 aromatic carbocycles. The van der Waals surface area contributed by atoms with Crippen molar-refractivity contribution >= 4 is 21.6 Å². The molecule has 0 fully saturated rings. The molecule has 74 valence electrons. The normalized spacial score (nSPS) is 12.3. The van der Waals surface area contributed by atoms with Gasteiger partial charge in [-0.3, -0.25) is 0 Å². The summed E-state index contributed by atoms with van der Waals surface area (Å²) in [6.07, 6.45) is 1.90. The molecule has 0 aliphatic rings. The van der Waals surface area contributed by atoms with Gasteiger partial charge in [-0.15, -0.1) is 11.6 Å². The molecular weight excluding hydrogens is 198 g/mol. The molecule has 1 N–H and O–H groups in total. The van der Waals surface area contributed by atoms with Crippen LogP contribution in [0.25, 0.3) is 0 Å². The van der Waals surface area contributed by atoms with E-state index >= 15 is 0 Å². The summed E-state index contributed by atoms with van der Waals surface area (Å²) < 4.78 is 24.0. The first-order valence-electron chi connectivity index (χ1n) is 4.01. The highest BCUT2D eigenvalue weighted by Gasteiger charge is 2.05. The third kappa shape index (κ3) is 6.88. The number of nitrogens with one attached hydrogen (secondary N) is 1. The molecule has 5 heteroatoms. The van der Waals surface area contributed by atoms with Gasteiger partial charge in [0.05, 0.1) is 0 Å². The second kappa shape index (κ2) is 5.78. The lowest BCUT2D eigenvalue weighted by atomic mass is 10.1. The zero-order chi connectivity index (χ0) is 9.61. The van der Waals surface area contributed by atoms with Gasteiger partial charge in [0, 0.05) is 6.54 Å². The van der Waals surface area contributed by atoms with Gasteiger partial charge in [0.1, 0.15) is 5.21 Å². The van der Waals surface area contributed by atoms with E-state index in [1.54, 1.807) is 0 Å². The Bertz CT molecular complexity index is 201. The van der Waals surface area contributed by atoms with Crippen LogP contribution in [0.1, 0.15) is 26.7 Å². The highest BCUT2D eigenvalue weighted by molar-refractivity contribution is 7.90. The molecule has 0 aromatic heterocycles. The first kappa shape index (κ1) is 12.2. The van der Waals surface area contributed by atoms with Gasteiger partial charge in [-0.2, -0.15) is 0 Å². The maximum absolute atomic E-state index is 10.8. The molecule has 0 spiro atoms. The van der Waals surface area contributed by atoms with Crippen LogP contribution in [0.5, 0.6) is 0 Å². The Labute approximate surface area is 79.5 Å². The van der Waals surface area contributed by atoms with E-state index < -0.39 is 10.0 Å². The fourth-order valence-corrected chi connectivity index (χ4v) is 1.54. The molecule has 0 saturated heterocycles. The second-order valence-electron chi connectivity index (χ2n) is 3.15. The van der Waals surface area contributed by atoms with E-state index in [0.717, 1.165) is 12.8 Å². The first-order valence-corrected chi connectivity index (χ1v) is 6.20. The standard InChI is InChI=1S/C7H16ClNO2S/c1-7(2)4-3-5-9-12(10,11)6-8/h7,9H,3-6H2,1-2H3. The van der Waals surface area contributed by atoms with E-state index in [1.165, 1.54) is 0 Å². The average molecular weight is 214 g/mol. The fourth-order valence-electron chi connectivity index (χ4n) is 0.777. The number of hydrogen-bond donors (Lipinski definition) is 1. The minimum Gasteiger partial charge on any atom is -0.214 e. The summed E-state index contributed by atoms with van der Waals surface area (Å²) in [6, 6.07) is 0. The van der Waals surface area contributed by atoms with Crippen molar-refractivity contribution in [2.24, 2.45) is 5.92 Å². The molecule has 12 heavy (non-hydrogen) atoms. The monoisotopic (exact) mass is 213 g/mol. The summed E-state index contributed by atoms with van der Waals surface area (Å²) in [7, 11) is -3.20. The van der Waals surface area contributed by atoms with Gasteiger partial charge in [0.15, 0.2) is 0 Å². The summed E-state index contributed by atoms with van der Waals surface area (Å²) in [4.78, 5) is 0. The summed E-state index contributed by atoms with van der Waals surface area (Å²) in [5.74, 6) is 0.616. The molecule has 0 aromatic rings. The largest absolute Gasteiger partial charge is 0.225 e. The Morgan fingerprint density at radius 1 is 1.42 bits per heavy atom. The van der Waals surface area contributed by atoms with Gasteiger partial charge in [0.25, 0.3) is 0 Å². The number of hydrogen-bond acceptors (Lipinski definition) is 2. The van der Waals surface area contributed by atoms with Crippen molar-refractivity contribution in [3.8, 4) is 0 Å². The fraction of sp³-hybridized carbons (Fsp3) is 1.00. The third-order valence-corrected chi connectivity index (χ3v) is 3.22. The highest BCUT2D eigenvalue weighted by Crippen LogP contribution is 2.02.